The van der Waals surface area contributed by atoms with Gasteiger partial charge < -0.3 is 5.11 Å². The molecule has 7 heteroatoms. The molecule has 3 nitrogen and oxygen atoms in total. The van der Waals surface area contributed by atoms with Gasteiger partial charge >= 0.3 is 12.1 Å². The lowest BCUT2D eigenvalue weighted by Gasteiger charge is -1.93. The molecule has 0 unspecified atom stereocenters. The van der Waals surface area contributed by atoms with Crippen molar-refractivity contribution in [3.05, 3.63) is 30.6 Å². The predicted molar refractivity (Wildman–Crippen MR) is 40.4 cm³/mol. The number of aliphatic carboxylic acids is 1. The van der Waals surface area contributed by atoms with Gasteiger partial charge in [-0.05, 0) is 12.1 Å². The Labute approximate surface area is 76.6 Å². The highest BCUT2D eigenvalue weighted by Crippen LogP contribution is 2.13. The molecule has 0 amide bonds. The molecule has 0 atom stereocenters. The van der Waals surface area contributed by atoms with Crippen LogP contribution in [-0.2, 0) is 4.79 Å². The number of rotatable bonds is 0. The molecule has 0 aromatic carbocycles. The van der Waals surface area contributed by atoms with Crippen LogP contribution in [0.2, 0.25) is 0 Å². The summed E-state index contributed by atoms with van der Waals surface area (Å²) >= 11 is 0. The minimum Gasteiger partial charge on any atom is -0.475 e. The van der Waals surface area contributed by atoms with E-state index in [1.54, 1.807) is 12.4 Å². The van der Waals surface area contributed by atoms with E-state index in [0.29, 0.717) is 0 Å². The molecule has 14 heavy (non-hydrogen) atoms. The number of aromatic nitrogens is 1. The molecule has 0 saturated carbocycles. The number of carbonyl (C=O) groups is 1. The molecule has 0 aliphatic rings. The summed E-state index contributed by atoms with van der Waals surface area (Å²) in [5.41, 5.74) is 0. The number of nitrogens with zero attached hydrogens (tertiary/aromatic N) is 1. The Morgan fingerprint density at radius 3 is 1.57 bits per heavy atom. The van der Waals surface area contributed by atoms with E-state index in [2.05, 4.69) is 4.98 Å². The highest BCUT2D eigenvalue weighted by Gasteiger charge is 2.38. The van der Waals surface area contributed by atoms with Crippen molar-refractivity contribution in [1.82, 2.24) is 4.98 Å². The van der Waals surface area contributed by atoms with Gasteiger partial charge in [0.25, 0.3) is 0 Å². The van der Waals surface area contributed by atoms with E-state index in [1.807, 2.05) is 18.2 Å². The van der Waals surface area contributed by atoms with Crippen molar-refractivity contribution in [2.75, 3.05) is 0 Å². The second-order valence-corrected chi connectivity index (χ2v) is 1.83. The molecular formula is C7H7F4NO2. The summed E-state index contributed by atoms with van der Waals surface area (Å²) in [6, 6.07) is 5.72. The van der Waals surface area contributed by atoms with Crippen LogP contribution in [0.4, 0.5) is 17.9 Å². The van der Waals surface area contributed by atoms with E-state index in [1.165, 1.54) is 0 Å². The van der Waals surface area contributed by atoms with Gasteiger partial charge in [-0.2, -0.15) is 13.2 Å². The molecule has 0 radical (unpaired) electrons. The smallest absolute Gasteiger partial charge is 0.475 e. The zero-order chi connectivity index (χ0) is 10.3. The molecule has 80 valence electrons. The molecular weight excluding hydrogens is 206 g/mol. The quantitative estimate of drug-likeness (QED) is 0.669. The number of carboxylic acid groups (broad SMARTS) is 1. The second-order valence-electron chi connectivity index (χ2n) is 1.83. The van der Waals surface area contributed by atoms with Gasteiger partial charge in [0.05, 0.1) is 0 Å². The van der Waals surface area contributed by atoms with Gasteiger partial charge in [0.2, 0.25) is 0 Å². The van der Waals surface area contributed by atoms with Crippen molar-refractivity contribution in [2.24, 2.45) is 0 Å². The van der Waals surface area contributed by atoms with Crippen LogP contribution in [0, 0.1) is 0 Å². The normalized spacial score (nSPS) is 9.07. The lowest BCUT2D eigenvalue weighted by atomic mass is 10.5. The van der Waals surface area contributed by atoms with Crippen LogP contribution in [0.1, 0.15) is 0 Å². The van der Waals surface area contributed by atoms with E-state index in [9.17, 15) is 13.2 Å². The van der Waals surface area contributed by atoms with Gasteiger partial charge in [0, 0.05) is 12.4 Å². The third-order valence-corrected chi connectivity index (χ3v) is 0.809. The predicted octanol–water partition coefficient (Wildman–Crippen LogP) is 1.87. The maximum Gasteiger partial charge on any atom is 0.490 e. The summed E-state index contributed by atoms with van der Waals surface area (Å²) in [5.74, 6) is -2.76. The Hall–Kier alpha value is -1.66. The Morgan fingerprint density at radius 2 is 1.50 bits per heavy atom. The fraction of sp³-hybridized carbons (Fsp3) is 0.143. The summed E-state index contributed by atoms with van der Waals surface area (Å²) in [6.45, 7) is 0. The molecule has 1 aromatic rings. The van der Waals surface area contributed by atoms with E-state index >= 15 is 0 Å². The molecule has 0 spiro atoms. The molecule has 0 saturated heterocycles. The van der Waals surface area contributed by atoms with Crippen molar-refractivity contribution in [3.63, 3.8) is 0 Å². The van der Waals surface area contributed by atoms with Crippen molar-refractivity contribution in [2.45, 2.75) is 6.18 Å². The van der Waals surface area contributed by atoms with E-state index < -0.39 is 12.1 Å². The van der Waals surface area contributed by atoms with Crippen LogP contribution in [0.15, 0.2) is 30.6 Å². The van der Waals surface area contributed by atoms with Crippen LogP contribution < -0.4 is 0 Å². The largest absolute Gasteiger partial charge is 0.490 e. The number of alkyl halides is 3. The van der Waals surface area contributed by atoms with E-state index in [-0.39, 0.29) is 4.70 Å². The molecule has 0 aliphatic carbocycles. The van der Waals surface area contributed by atoms with Gasteiger partial charge in [0.15, 0.2) is 0 Å². The Kier molecular flexibility index (Phi) is 7.22. The first-order chi connectivity index (χ1) is 5.94. The first-order valence-electron chi connectivity index (χ1n) is 3.09. The molecule has 1 rings (SSSR count). The minimum absolute atomic E-state index is 0. The Balaban J connectivity index is 0. The van der Waals surface area contributed by atoms with Gasteiger partial charge in [-0.1, -0.05) is 6.07 Å². The summed E-state index contributed by atoms with van der Waals surface area (Å²) in [7, 11) is 0. The van der Waals surface area contributed by atoms with Gasteiger partial charge in [0.1, 0.15) is 0 Å². The fourth-order valence-electron chi connectivity index (χ4n) is 0.313. The number of hydrogen-bond donors (Lipinski definition) is 1. The van der Waals surface area contributed by atoms with Crippen molar-refractivity contribution >= 4 is 5.97 Å². The average molecular weight is 213 g/mol. The van der Waals surface area contributed by atoms with Crippen molar-refractivity contribution < 1.29 is 27.8 Å². The molecule has 1 N–H and O–H groups in total. The maximum atomic E-state index is 10.6. The zero-order valence-electron chi connectivity index (χ0n) is 6.73. The lowest BCUT2D eigenvalue weighted by Crippen LogP contribution is -2.21. The summed E-state index contributed by atoms with van der Waals surface area (Å²) < 4.78 is 31.7. The van der Waals surface area contributed by atoms with Crippen LogP contribution >= 0.6 is 0 Å². The summed E-state index contributed by atoms with van der Waals surface area (Å²) in [5, 5.41) is 7.12. The Morgan fingerprint density at radius 1 is 1.14 bits per heavy atom. The fourth-order valence-corrected chi connectivity index (χ4v) is 0.313. The number of halogens is 4. The Bertz CT molecular complexity index is 223. The third-order valence-electron chi connectivity index (χ3n) is 0.809. The molecule has 1 heterocycles. The number of carboxylic acids is 1. The number of hydrogen-bond acceptors (Lipinski definition) is 2. The lowest BCUT2D eigenvalue weighted by molar-refractivity contribution is -0.192. The van der Waals surface area contributed by atoms with E-state index in [0.717, 1.165) is 0 Å². The van der Waals surface area contributed by atoms with Gasteiger partial charge in [-0.25, -0.2) is 4.79 Å². The first kappa shape index (κ1) is 14.8. The molecule has 0 fully saturated rings. The zero-order valence-corrected chi connectivity index (χ0v) is 6.73. The van der Waals surface area contributed by atoms with Crippen LogP contribution in [0.3, 0.4) is 0 Å². The van der Waals surface area contributed by atoms with Gasteiger partial charge in [-0.3, -0.25) is 9.69 Å². The monoisotopic (exact) mass is 213 g/mol. The van der Waals surface area contributed by atoms with Crippen LogP contribution in [0.25, 0.3) is 0 Å². The maximum absolute atomic E-state index is 10.6. The summed E-state index contributed by atoms with van der Waals surface area (Å²) in [4.78, 5) is 12.7. The molecule has 1 aromatic heterocycles. The molecule has 0 aliphatic heterocycles. The highest BCUT2D eigenvalue weighted by atomic mass is 19.4. The standard InChI is InChI=1S/C5H5N.C2HF3O2.FH/c1-2-4-6-5-3-1;3-2(4,5)1(6)7;/h1-5H;(H,6,7);1H. The summed E-state index contributed by atoms with van der Waals surface area (Å²) in [6.07, 6.45) is -1.58. The highest BCUT2D eigenvalue weighted by molar-refractivity contribution is 5.73. The van der Waals surface area contributed by atoms with Crippen LogP contribution in [-0.4, -0.2) is 22.2 Å². The number of pyridine rings is 1. The minimum atomic E-state index is -5.08. The average Bonchev–Trinajstić information content (AvgIpc) is 2.07. The van der Waals surface area contributed by atoms with Crippen molar-refractivity contribution in [1.29, 1.82) is 0 Å². The third kappa shape index (κ3) is 8.44. The van der Waals surface area contributed by atoms with E-state index in [4.69, 9.17) is 9.90 Å². The molecule has 0 bridgehead atoms. The van der Waals surface area contributed by atoms with Gasteiger partial charge in [-0.15, -0.1) is 0 Å². The SMILES string of the molecule is F.O=C(O)C(F)(F)F.c1ccncc1. The second kappa shape index (κ2) is 6.81. The van der Waals surface area contributed by atoms with Crippen molar-refractivity contribution in [3.8, 4) is 0 Å². The topological polar surface area (TPSA) is 50.2 Å². The first-order valence-corrected chi connectivity index (χ1v) is 3.09. The van der Waals surface area contributed by atoms with Crippen LogP contribution in [0.5, 0.6) is 0 Å².